The molecule has 1 aliphatic rings. The summed E-state index contributed by atoms with van der Waals surface area (Å²) in [7, 11) is 0. The van der Waals surface area contributed by atoms with Gasteiger partial charge >= 0.3 is 0 Å². The zero-order chi connectivity index (χ0) is 14.9. The second kappa shape index (κ2) is 5.40. The van der Waals surface area contributed by atoms with Crippen LogP contribution in [-0.2, 0) is 4.79 Å². The zero-order valence-corrected chi connectivity index (χ0v) is 12.0. The summed E-state index contributed by atoms with van der Waals surface area (Å²) in [4.78, 5) is 12.0. The van der Waals surface area contributed by atoms with E-state index in [1.54, 1.807) is 25.1 Å². The molecule has 1 heterocycles. The van der Waals surface area contributed by atoms with Crippen LogP contribution in [0.5, 0.6) is 0 Å². The third-order valence-electron chi connectivity index (χ3n) is 3.31. The van der Waals surface area contributed by atoms with Gasteiger partial charge in [0.2, 0.25) is 0 Å². The Morgan fingerprint density at radius 3 is 2.65 bits per heavy atom. The molecule has 0 aliphatic carbocycles. The number of hydrogen-bond acceptors (Lipinski definition) is 4. The SMILES string of the molecule is CC(=O)C1=C(C)NC(N)=C(C#N)[C@@H]1c1ccccc1Cl. The largest absolute Gasteiger partial charge is 0.384 e. The molecule has 2 rings (SSSR count). The molecule has 3 N–H and O–H groups in total. The van der Waals surface area contributed by atoms with Crippen LogP contribution in [0.4, 0.5) is 0 Å². The Hall–Kier alpha value is -2.25. The van der Waals surface area contributed by atoms with Gasteiger partial charge in [-0.3, -0.25) is 4.79 Å². The normalized spacial score (nSPS) is 18.6. The van der Waals surface area contributed by atoms with Crippen LogP contribution in [0.3, 0.4) is 0 Å². The van der Waals surface area contributed by atoms with Crippen molar-refractivity contribution in [2.75, 3.05) is 0 Å². The van der Waals surface area contributed by atoms with E-state index in [2.05, 4.69) is 11.4 Å². The Balaban J connectivity index is 2.71. The van der Waals surface area contributed by atoms with Gasteiger partial charge in [-0.25, -0.2) is 0 Å². The monoisotopic (exact) mass is 287 g/mol. The lowest BCUT2D eigenvalue weighted by Crippen LogP contribution is -2.31. The van der Waals surface area contributed by atoms with Gasteiger partial charge in [0.1, 0.15) is 5.82 Å². The highest BCUT2D eigenvalue weighted by Gasteiger charge is 2.33. The first-order valence-electron chi connectivity index (χ1n) is 6.10. The number of halogens is 1. The fourth-order valence-corrected chi connectivity index (χ4v) is 2.71. The van der Waals surface area contributed by atoms with E-state index in [0.29, 0.717) is 27.4 Å². The van der Waals surface area contributed by atoms with Crippen LogP contribution in [0, 0.1) is 11.3 Å². The number of nitriles is 1. The lowest BCUT2D eigenvalue weighted by atomic mass is 9.80. The highest BCUT2D eigenvalue weighted by atomic mass is 35.5. The van der Waals surface area contributed by atoms with Crippen LogP contribution >= 0.6 is 11.6 Å². The maximum atomic E-state index is 12.0. The minimum absolute atomic E-state index is 0.111. The Morgan fingerprint density at radius 1 is 1.45 bits per heavy atom. The predicted octanol–water partition coefficient (Wildman–Crippen LogP) is 2.58. The molecule has 0 radical (unpaired) electrons. The van der Waals surface area contributed by atoms with Gasteiger partial charge in [-0.15, -0.1) is 0 Å². The number of carbonyl (C=O) groups is 1. The van der Waals surface area contributed by atoms with Crippen LogP contribution in [-0.4, -0.2) is 5.78 Å². The van der Waals surface area contributed by atoms with Crippen molar-refractivity contribution in [2.24, 2.45) is 5.73 Å². The molecule has 1 aromatic carbocycles. The Labute approximate surface area is 122 Å². The number of carbonyl (C=O) groups excluding carboxylic acids is 1. The number of nitrogens with one attached hydrogen (secondary N) is 1. The summed E-state index contributed by atoms with van der Waals surface area (Å²) in [6.45, 7) is 3.24. The van der Waals surface area contributed by atoms with E-state index >= 15 is 0 Å². The molecule has 0 spiro atoms. The van der Waals surface area contributed by atoms with Gasteiger partial charge in [-0.1, -0.05) is 29.8 Å². The summed E-state index contributed by atoms with van der Waals surface area (Å²) in [6.07, 6.45) is 0. The summed E-state index contributed by atoms with van der Waals surface area (Å²) in [5, 5.41) is 12.8. The van der Waals surface area contributed by atoms with Crippen molar-refractivity contribution in [3.63, 3.8) is 0 Å². The molecule has 0 saturated carbocycles. The zero-order valence-electron chi connectivity index (χ0n) is 11.2. The maximum absolute atomic E-state index is 12.0. The number of Topliss-reactive ketones (excluding diaryl/α,β-unsaturated/α-hetero) is 1. The number of allylic oxidation sites excluding steroid dienone is 3. The predicted molar refractivity (Wildman–Crippen MR) is 77.5 cm³/mol. The van der Waals surface area contributed by atoms with Gasteiger partial charge in [-0.05, 0) is 25.5 Å². The van der Waals surface area contributed by atoms with E-state index in [0.717, 1.165) is 0 Å². The van der Waals surface area contributed by atoms with E-state index in [1.165, 1.54) is 6.92 Å². The maximum Gasteiger partial charge on any atom is 0.158 e. The molecule has 20 heavy (non-hydrogen) atoms. The van der Waals surface area contributed by atoms with Crippen molar-refractivity contribution >= 4 is 17.4 Å². The second-order valence-electron chi connectivity index (χ2n) is 4.61. The van der Waals surface area contributed by atoms with Gasteiger partial charge < -0.3 is 11.1 Å². The number of nitrogens with zero attached hydrogens (tertiary/aromatic N) is 1. The van der Waals surface area contributed by atoms with Crippen LogP contribution in [0.2, 0.25) is 5.02 Å². The first kappa shape index (κ1) is 14.2. The van der Waals surface area contributed by atoms with E-state index in [-0.39, 0.29) is 11.6 Å². The quantitative estimate of drug-likeness (QED) is 0.876. The number of hydrogen-bond donors (Lipinski definition) is 2. The highest BCUT2D eigenvalue weighted by Crippen LogP contribution is 2.39. The van der Waals surface area contributed by atoms with Crippen LogP contribution in [0.15, 0.2) is 46.9 Å². The van der Waals surface area contributed by atoms with Crippen molar-refractivity contribution in [3.8, 4) is 6.07 Å². The number of benzene rings is 1. The minimum Gasteiger partial charge on any atom is -0.384 e. The van der Waals surface area contributed by atoms with Crippen molar-refractivity contribution in [2.45, 2.75) is 19.8 Å². The van der Waals surface area contributed by atoms with E-state index in [9.17, 15) is 10.1 Å². The molecule has 1 aliphatic heterocycles. The smallest absolute Gasteiger partial charge is 0.158 e. The fourth-order valence-electron chi connectivity index (χ4n) is 2.47. The Kier molecular flexibility index (Phi) is 3.82. The third-order valence-corrected chi connectivity index (χ3v) is 3.65. The molecule has 4 nitrogen and oxygen atoms in total. The summed E-state index contributed by atoms with van der Waals surface area (Å²) in [5.41, 5.74) is 8.07. The molecule has 102 valence electrons. The van der Waals surface area contributed by atoms with Crippen molar-refractivity contribution in [1.82, 2.24) is 5.32 Å². The van der Waals surface area contributed by atoms with Gasteiger partial charge in [-0.2, -0.15) is 5.26 Å². The number of rotatable bonds is 2. The summed E-state index contributed by atoms with van der Waals surface area (Å²) in [6, 6.07) is 9.24. The highest BCUT2D eigenvalue weighted by molar-refractivity contribution is 6.31. The molecule has 0 fully saturated rings. The fraction of sp³-hybridized carbons (Fsp3) is 0.200. The second-order valence-corrected chi connectivity index (χ2v) is 5.02. The van der Waals surface area contributed by atoms with E-state index < -0.39 is 5.92 Å². The molecule has 0 saturated heterocycles. The molecule has 1 aromatic rings. The number of ketones is 1. The molecule has 1 atom stereocenters. The van der Waals surface area contributed by atoms with Crippen molar-refractivity contribution in [1.29, 1.82) is 5.26 Å². The summed E-state index contributed by atoms with van der Waals surface area (Å²) < 4.78 is 0. The van der Waals surface area contributed by atoms with Crippen LogP contribution in [0.25, 0.3) is 0 Å². The Bertz CT molecular complexity index is 683. The van der Waals surface area contributed by atoms with E-state index in [4.69, 9.17) is 17.3 Å². The van der Waals surface area contributed by atoms with E-state index in [1.807, 2.05) is 6.07 Å². The molecule has 0 bridgehead atoms. The molecule has 0 unspecified atom stereocenters. The first-order chi connectivity index (χ1) is 9.47. The van der Waals surface area contributed by atoms with Crippen molar-refractivity contribution < 1.29 is 4.79 Å². The standard InChI is InChI=1S/C15H14ClN3O/c1-8-13(9(2)20)14(11(7-17)15(18)19-8)10-5-3-4-6-12(10)16/h3-6,14,19H,18H2,1-2H3/t14-/m0/s1. The summed E-state index contributed by atoms with van der Waals surface area (Å²) >= 11 is 6.22. The average Bonchev–Trinajstić information content (AvgIpc) is 2.38. The number of dihydropyridines is 1. The molecular weight excluding hydrogens is 274 g/mol. The van der Waals surface area contributed by atoms with Gasteiger partial charge in [0.05, 0.1) is 17.6 Å². The molecular formula is C15H14ClN3O. The van der Waals surface area contributed by atoms with Gasteiger partial charge in [0, 0.05) is 16.3 Å². The Morgan fingerprint density at radius 2 is 2.10 bits per heavy atom. The topological polar surface area (TPSA) is 78.9 Å². The third kappa shape index (κ3) is 2.28. The van der Waals surface area contributed by atoms with Crippen LogP contribution in [0.1, 0.15) is 25.3 Å². The average molecular weight is 288 g/mol. The van der Waals surface area contributed by atoms with Gasteiger partial charge in [0.25, 0.3) is 0 Å². The van der Waals surface area contributed by atoms with Crippen LogP contribution < -0.4 is 11.1 Å². The molecule has 0 amide bonds. The lowest BCUT2D eigenvalue weighted by molar-refractivity contribution is -0.113. The molecule has 5 heteroatoms. The van der Waals surface area contributed by atoms with Gasteiger partial charge in [0.15, 0.2) is 5.78 Å². The number of nitrogens with two attached hydrogens (primary N) is 1. The minimum atomic E-state index is -0.521. The first-order valence-corrected chi connectivity index (χ1v) is 6.48. The lowest BCUT2D eigenvalue weighted by Gasteiger charge is -2.28. The molecule has 0 aromatic heterocycles. The summed E-state index contributed by atoms with van der Waals surface area (Å²) in [5.74, 6) is -0.368. The van der Waals surface area contributed by atoms with Crippen molar-refractivity contribution in [3.05, 3.63) is 57.5 Å².